The summed E-state index contributed by atoms with van der Waals surface area (Å²) in [6.45, 7) is 0. The van der Waals surface area contributed by atoms with Crippen molar-refractivity contribution >= 4 is 16.0 Å². The molecule has 2 N–H and O–H groups in total. The van der Waals surface area contributed by atoms with Gasteiger partial charge in [0.1, 0.15) is 10.7 Å². The van der Waals surface area contributed by atoms with E-state index in [-0.39, 0.29) is 6.42 Å². The Kier molecular flexibility index (Phi) is 3.60. The van der Waals surface area contributed by atoms with E-state index in [1.54, 1.807) is 0 Å². The van der Waals surface area contributed by atoms with Crippen LogP contribution in [0, 0.1) is 5.82 Å². The van der Waals surface area contributed by atoms with E-state index in [4.69, 9.17) is 5.11 Å². The lowest BCUT2D eigenvalue weighted by atomic mass is 9.75. The van der Waals surface area contributed by atoms with Crippen LogP contribution in [0.4, 0.5) is 4.39 Å². The van der Waals surface area contributed by atoms with Crippen LogP contribution in [0.5, 0.6) is 0 Å². The lowest BCUT2D eigenvalue weighted by molar-refractivity contribution is -0.139. The van der Waals surface area contributed by atoms with E-state index in [0.29, 0.717) is 12.8 Å². The molecule has 0 saturated heterocycles. The van der Waals surface area contributed by atoms with Crippen molar-refractivity contribution in [2.24, 2.45) is 0 Å². The molecule has 0 heterocycles. The van der Waals surface area contributed by atoms with Crippen molar-refractivity contribution in [2.45, 2.75) is 36.1 Å². The summed E-state index contributed by atoms with van der Waals surface area (Å²) in [6.07, 6.45) is 1.37. The number of carboxylic acids is 1. The molecule has 104 valence electrons. The molecule has 1 fully saturated rings. The Labute approximate surface area is 110 Å². The monoisotopic (exact) mass is 287 g/mol. The molecule has 0 atom stereocenters. The second-order valence-corrected chi connectivity index (χ2v) is 6.39. The van der Waals surface area contributed by atoms with E-state index >= 15 is 0 Å². The molecule has 0 bridgehead atoms. The summed E-state index contributed by atoms with van der Waals surface area (Å²) in [4.78, 5) is 10.3. The van der Waals surface area contributed by atoms with E-state index in [1.165, 1.54) is 12.1 Å². The standard InChI is InChI=1S/C12H14FNO4S/c13-9-4-1-2-5-10(9)19(17,18)14-12(6-3-7-12)8-11(15)16/h1-2,4-5,14H,3,6-8H2,(H,15,16). The second-order valence-electron chi connectivity index (χ2n) is 4.74. The fourth-order valence-electron chi connectivity index (χ4n) is 2.21. The third kappa shape index (κ3) is 2.93. The summed E-state index contributed by atoms with van der Waals surface area (Å²) < 4.78 is 40.1. The second kappa shape index (κ2) is 4.90. The first-order chi connectivity index (χ1) is 8.85. The minimum atomic E-state index is -4.04. The van der Waals surface area contributed by atoms with E-state index in [1.807, 2.05) is 0 Å². The van der Waals surface area contributed by atoms with Gasteiger partial charge in [0.05, 0.1) is 6.42 Å². The molecular formula is C12H14FNO4S. The molecule has 1 aliphatic carbocycles. The Morgan fingerprint density at radius 1 is 1.37 bits per heavy atom. The van der Waals surface area contributed by atoms with Gasteiger partial charge in [-0.05, 0) is 31.4 Å². The quantitative estimate of drug-likeness (QED) is 0.859. The number of aliphatic carboxylic acids is 1. The number of carboxylic acid groups (broad SMARTS) is 1. The number of carbonyl (C=O) groups is 1. The first-order valence-electron chi connectivity index (χ1n) is 5.85. The summed E-state index contributed by atoms with van der Waals surface area (Å²) in [5, 5.41) is 8.83. The predicted molar refractivity (Wildman–Crippen MR) is 65.6 cm³/mol. The first-order valence-corrected chi connectivity index (χ1v) is 7.33. The minimum absolute atomic E-state index is 0.291. The molecule has 7 heteroatoms. The molecule has 2 rings (SSSR count). The zero-order chi connectivity index (χ0) is 14.1. The molecule has 0 amide bonds. The highest BCUT2D eigenvalue weighted by Crippen LogP contribution is 2.36. The van der Waals surface area contributed by atoms with E-state index in [2.05, 4.69) is 4.72 Å². The highest BCUT2D eigenvalue weighted by atomic mass is 32.2. The van der Waals surface area contributed by atoms with Crippen molar-refractivity contribution in [3.63, 3.8) is 0 Å². The van der Waals surface area contributed by atoms with Gasteiger partial charge < -0.3 is 5.11 Å². The maximum absolute atomic E-state index is 13.5. The molecule has 5 nitrogen and oxygen atoms in total. The minimum Gasteiger partial charge on any atom is -0.481 e. The molecule has 0 radical (unpaired) electrons. The fraction of sp³-hybridized carbons (Fsp3) is 0.417. The average molecular weight is 287 g/mol. The van der Waals surface area contributed by atoms with Crippen molar-refractivity contribution in [1.29, 1.82) is 0 Å². The highest BCUT2D eigenvalue weighted by molar-refractivity contribution is 7.89. The third-order valence-corrected chi connectivity index (χ3v) is 4.89. The van der Waals surface area contributed by atoms with Gasteiger partial charge in [0.25, 0.3) is 0 Å². The zero-order valence-electron chi connectivity index (χ0n) is 10.1. The van der Waals surface area contributed by atoms with Gasteiger partial charge in [0, 0.05) is 5.54 Å². The van der Waals surface area contributed by atoms with Gasteiger partial charge in [-0.15, -0.1) is 0 Å². The summed E-state index contributed by atoms with van der Waals surface area (Å²) in [5.74, 6) is -1.92. The van der Waals surface area contributed by atoms with Crippen molar-refractivity contribution in [3.8, 4) is 0 Å². The summed E-state index contributed by atoms with van der Waals surface area (Å²) in [6, 6.07) is 5.02. The lowest BCUT2D eigenvalue weighted by Gasteiger charge is -2.40. The number of hydrogen-bond acceptors (Lipinski definition) is 3. The van der Waals surface area contributed by atoms with E-state index < -0.39 is 32.2 Å². The van der Waals surface area contributed by atoms with E-state index in [0.717, 1.165) is 18.6 Å². The maximum atomic E-state index is 13.5. The lowest BCUT2D eigenvalue weighted by Crippen LogP contribution is -2.54. The number of benzene rings is 1. The number of nitrogens with one attached hydrogen (secondary N) is 1. The van der Waals surface area contributed by atoms with Gasteiger partial charge in [0.2, 0.25) is 10.0 Å². The van der Waals surface area contributed by atoms with Crippen molar-refractivity contribution < 1.29 is 22.7 Å². The molecule has 0 spiro atoms. The molecule has 1 aromatic carbocycles. The van der Waals surface area contributed by atoms with Crippen molar-refractivity contribution in [1.82, 2.24) is 4.72 Å². The van der Waals surface area contributed by atoms with Crippen LogP contribution in [0.25, 0.3) is 0 Å². The summed E-state index contributed by atoms with van der Waals surface area (Å²) in [7, 11) is -4.04. The van der Waals surface area contributed by atoms with Gasteiger partial charge in [-0.2, -0.15) is 0 Å². The molecular weight excluding hydrogens is 273 g/mol. The van der Waals surface area contributed by atoms with Crippen molar-refractivity contribution in [3.05, 3.63) is 30.1 Å². The molecule has 1 aliphatic rings. The van der Waals surface area contributed by atoms with E-state index in [9.17, 15) is 17.6 Å². The summed E-state index contributed by atoms with van der Waals surface area (Å²) >= 11 is 0. The van der Waals surface area contributed by atoms with Gasteiger partial charge >= 0.3 is 5.97 Å². The summed E-state index contributed by atoms with van der Waals surface area (Å²) in [5.41, 5.74) is -0.979. The zero-order valence-corrected chi connectivity index (χ0v) is 10.9. The topological polar surface area (TPSA) is 83.5 Å². The third-order valence-electron chi connectivity index (χ3n) is 3.28. The van der Waals surface area contributed by atoms with Crippen LogP contribution in [0.1, 0.15) is 25.7 Å². The SMILES string of the molecule is O=C(O)CC1(NS(=O)(=O)c2ccccc2F)CCC1. The normalized spacial score (nSPS) is 17.7. The fourth-order valence-corrected chi connectivity index (χ4v) is 3.75. The maximum Gasteiger partial charge on any atom is 0.305 e. The van der Waals surface area contributed by atoms with Crippen LogP contribution < -0.4 is 4.72 Å². The predicted octanol–water partition coefficient (Wildman–Crippen LogP) is 1.50. The molecule has 0 aliphatic heterocycles. The molecule has 0 aromatic heterocycles. The van der Waals surface area contributed by atoms with Gasteiger partial charge in [0.15, 0.2) is 0 Å². The smallest absolute Gasteiger partial charge is 0.305 e. The Morgan fingerprint density at radius 2 is 2.00 bits per heavy atom. The Balaban J connectivity index is 2.26. The number of halogens is 1. The van der Waals surface area contributed by atoms with Gasteiger partial charge in [-0.25, -0.2) is 17.5 Å². The average Bonchev–Trinajstić information content (AvgIpc) is 2.25. The molecule has 19 heavy (non-hydrogen) atoms. The number of rotatable bonds is 5. The Bertz CT molecular complexity index is 596. The van der Waals surface area contributed by atoms with Crippen LogP contribution in [0.3, 0.4) is 0 Å². The number of sulfonamides is 1. The largest absolute Gasteiger partial charge is 0.481 e. The molecule has 1 aromatic rings. The van der Waals surface area contributed by atoms with Crippen LogP contribution in [-0.4, -0.2) is 25.0 Å². The Morgan fingerprint density at radius 3 is 2.47 bits per heavy atom. The first kappa shape index (κ1) is 14.0. The molecule has 0 unspecified atom stereocenters. The van der Waals surface area contributed by atoms with Crippen LogP contribution >= 0.6 is 0 Å². The van der Waals surface area contributed by atoms with Crippen molar-refractivity contribution in [2.75, 3.05) is 0 Å². The van der Waals surface area contributed by atoms with Crippen LogP contribution in [-0.2, 0) is 14.8 Å². The molecule has 1 saturated carbocycles. The van der Waals surface area contributed by atoms with Crippen LogP contribution in [0.15, 0.2) is 29.2 Å². The number of hydrogen-bond donors (Lipinski definition) is 2. The van der Waals surface area contributed by atoms with Gasteiger partial charge in [-0.3, -0.25) is 4.79 Å². The highest BCUT2D eigenvalue weighted by Gasteiger charge is 2.42. The Hall–Kier alpha value is -1.47. The van der Waals surface area contributed by atoms with Crippen LogP contribution in [0.2, 0.25) is 0 Å². The van der Waals surface area contributed by atoms with Gasteiger partial charge in [-0.1, -0.05) is 12.1 Å².